The molecule has 3 N–H and O–H groups in total. The Kier molecular flexibility index (Phi) is 9.40. The van der Waals surface area contributed by atoms with Crippen LogP contribution >= 0.6 is 24.8 Å². The highest BCUT2D eigenvalue weighted by Crippen LogP contribution is 2.30. The largest absolute Gasteiger partial charge is 0.439 e. The van der Waals surface area contributed by atoms with Gasteiger partial charge in [0.2, 0.25) is 5.88 Å². The summed E-state index contributed by atoms with van der Waals surface area (Å²) in [5.41, 5.74) is 5.00. The molecule has 0 unspecified atom stereocenters. The lowest BCUT2D eigenvalue weighted by Crippen LogP contribution is -2.37. The molecule has 0 radical (unpaired) electrons. The van der Waals surface area contributed by atoms with Crippen LogP contribution < -0.4 is 15.8 Å². The van der Waals surface area contributed by atoms with Gasteiger partial charge in [-0.25, -0.2) is 4.98 Å². The van der Waals surface area contributed by atoms with Crippen molar-refractivity contribution < 1.29 is 22.7 Å². The van der Waals surface area contributed by atoms with Crippen LogP contribution in [0, 0.1) is 0 Å². The highest BCUT2D eigenvalue weighted by Gasteiger charge is 2.30. The number of carbonyl (C=O) groups is 1. The SMILES string of the molecule is C[C@@H](CN)NC(=O)c1ccc(Oc2ccc(C(F)(F)F)cn2)cc1.Cl.Cl. The van der Waals surface area contributed by atoms with Crippen LogP contribution in [0.1, 0.15) is 22.8 Å². The fraction of sp³-hybridized carbons (Fsp3) is 0.250. The standard InChI is InChI=1S/C16H16F3N3O2.2ClH/c1-10(8-20)22-15(23)11-2-5-13(6-3-11)24-14-7-4-12(9-21-14)16(17,18)19;;/h2-7,9-10H,8,20H2,1H3,(H,22,23);2*1H/t10-;;/m0../s1. The van der Waals surface area contributed by atoms with Crippen molar-refractivity contribution in [2.75, 3.05) is 6.54 Å². The van der Waals surface area contributed by atoms with E-state index in [-0.39, 0.29) is 42.6 Å². The normalized spacial score (nSPS) is 11.6. The lowest BCUT2D eigenvalue weighted by atomic mass is 10.2. The van der Waals surface area contributed by atoms with Crippen LogP contribution in [0.5, 0.6) is 11.6 Å². The van der Waals surface area contributed by atoms with Crippen LogP contribution in [0.4, 0.5) is 13.2 Å². The van der Waals surface area contributed by atoms with Crippen LogP contribution in [-0.4, -0.2) is 23.5 Å². The molecule has 0 saturated heterocycles. The van der Waals surface area contributed by atoms with Gasteiger partial charge in [-0.05, 0) is 37.3 Å². The van der Waals surface area contributed by atoms with E-state index in [1.165, 1.54) is 24.3 Å². The molecule has 1 heterocycles. The maximum absolute atomic E-state index is 12.5. The Morgan fingerprint density at radius 1 is 1.19 bits per heavy atom. The number of alkyl halides is 3. The van der Waals surface area contributed by atoms with Crippen LogP contribution in [0.25, 0.3) is 0 Å². The minimum absolute atomic E-state index is 0. The lowest BCUT2D eigenvalue weighted by molar-refractivity contribution is -0.137. The Bertz CT molecular complexity index is 695. The second-order valence-corrected chi connectivity index (χ2v) is 5.12. The van der Waals surface area contributed by atoms with Gasteiger partial charge in [-0.15, -0.1) is 24.8 Å². The third-order valence-electron chi connectivity index (χ3n) is 3.13. The minimum Gasteiger partial charge on any atom is -0.439 e. The summed E-state index contributed by atoms with van der Waals surface area (Å²) >= 11 is 0. The number of amides is 1. The van der Waals surface area contributed by atoms with E-state index in [4.69, 9.17) is 10.5 Å². The molecule has 1 aromatic heterocycles. The summed E-state index contributed by atoms with van der Waals surface area (Å²) in [6.07, 6.45) is -3.74. The molecule has 0 fully saturated rings. The van der Waals surface area contributed by atoms with E-state index < -0.39 is 11.7 Å². The number of nitrogens with zero attached hydrogens (tertiary/aromatic N) is 1. The van der Waals surface area contributed by atoms with Crippen molar-refractivity contribution in [2.45, 2.75) is 19.1 Å². The van der Waals surface area contributed by atoms with Gasteiger partial charge in [-0.1, -0.05) is 0 Å². The number of carbonyl (C=O) groups excluding carboxylic acids is 1. The van der Waals surface area contributed by atoms with Gasteiger partial charge in [0.25, 0.3) is 5.91 Å². The van der Waals surface area contributed by atoms with Crippen LogP contribution in [0.15, 0.2) is 42.6 Å². The second-order valence-electron chi connectivity index (χ2n) is 5.12. The topological polar surface area (TPSA) is 77.2 Å². The second kappa shape index (κ2) is 10.2. The summed E-state index contributed by atoms with van der Waals surface area (Å²) in [6, 6.07) is 8.01. The molecule has 10 heteroatoms. The highest BCUT2D eigenvalue weighted by atomic mass is 35.5. The zero-order valence-corrected chi connectivity index (χ0v) is 15.3. The van der Waals surface area contributed by atoms with Gasteiger partial charge in [-0.3, -0.25) is 4.79 Å². The number of hydrogen-bond acceptors (Lipinski definition) is 4. The maximum atomic E-state index is 12.5. The zero-order chi connectivity index (χ0) is 17.7. The lowest BCUT2D eigenvalue weighted by Gasteiger charge is -2.11. The highest BCUT2D eigenvalue weighted by molar-refractivity contribution is 5.94. The third kappa shape index (κ3) is 6.70. The monoisotopic (exact) mass is 411 g/mol. The van der Waals surface area contributed by atoms with Gasteiger partial charge in [-0.2, -0.15) is 13.2 Å². The first-order chi connectivity index (χ1) is 11.3. The summed E-state index contributed by atoms with van der Waals surface area (Å²) in [6.45, 7) is 2.11. The Morgan fingerprint density at radius 3 is 2.27 bits per heavy atom. The Morgan fingerprint density at radius 2 is 1.81 bits per heavy atom. The molecular formula is C16H18Cl2F3N3O2. The first-order valence-corrected chi connectivity index (χ1v) is 7.11. The smallest absolute Gasteiger partial charge is 0.417 e. The molecule has 1 amide bonds. The van der Waals surface area contributed by atoms with E-state index in [0.29, 0.717) is 24.1 Å². The number of nitrogens with one attached hydrogen (secondary N) is 1. The predicted octanol–water partition coefficient (Wildman–Crippen LogP) is 3.81. The summed E-state index contributed by atoms with van der Waals surface area (Å²) in [5, 5.41) is 2.71. The van der Waals surface area contributed by atoms with Crippen molar-refractivity contribution in [1.29, 1.82) is 0 Å². The molecule has 0 aliphatic heterocycles. The number of halogens is 5. The van der Waals surface area contributed by atoms with Gasteiger partial charge in [0.15, 0.2) is 0 Å². The minimum atomic E-state index is -4.44. The van der Waals surface area contributed by atoms with E-state index in [1.807, 2.05) is 0 Å². The molecule has 2 rings (SSSR count). The molecule has 2 aromatic rings. The Balaban J connectivity index is 0.00000312. The van der Waals surface area contributed by atoms with Crippen molar-refractivity contribution in [3.05, 3.63) is 53.7 Å². The first-order valence-electron chi connectivity index (χ1n) is 7.11. The number of benzene rings is 1. The molecule has 26 heavy (non-hydrogen) atoms. The van der Waals surface area contributed by atoms with Crippen molar-refractivity contribution in [3.8, 4) is 11.6 Å². The Hall–Kier alpha value is -2.03. The van der Waals surface area contributed by atoms with Gasteiger partial charge < -0.3 is 15.8 Å². The molecular weight excluding hydrogens is 394 g/mol. The maximum Gasteiger partial charge on any atom is 0.417 e. The molecule has 144 valence electrons. The molecule has 0 bridgehead atoms. The van der Waals surface area contributed by atoms with E-state index in [1.54, 1.807) is 6.92 Å². The van der Waals surface area contributed by atoms with Crippen molar-refractivity contribution >= 4 is 30.7 Å². The van der Waals surface area contributed by atoms with E-state index in [0.717, 1.165) is 12.1 Å². The fourth-order valence-electron chi connectivity index (χ4n) is 1.77. The summed E-state index contributed by atoms with van der Waals surface area (Å²) in [4.78, 5) is 15.5. The summed E-state index contributed by atoms with van der Waals surface area (Å²) in [7, 11) is 0. The average molecular weight is 412 g/mol. The number of pyridine rings is 1. The molecule has 0 spiro atoms. The van der Waals surface area contributed by atoms with Crippen LogP contribution in [0.3, 0.4) is 0 Å². The first kappa shape index (κ1) is 24.0. The summed E-state index contributed by atoms with van der Waals surface area (Å²) in [5.74, 6) is 0.106. The Labute approximate surface area is 161 Å². The van der Waals surface area contributed by atoms with E-state index >= 15 is 0 Å². The van der Waals surface area contributed by atoms with Crippen molar-refractivity contribution in [2.24, 2.45) is 5.73 Å². The average Bonchev–Trinajstić information content (AvgIpc) is 2.55. The fourth-order valence-corrected chi connectivity index (χ4v) is 1.77. The number of hydrogen-bond donors (Lipinski definition) is 2. The molecule has 5 nitrogen and oxygen atoms in total. The molecule has 0 aliphatic carbocycles. The number of ether oxygens (including phenoxy) is 1. The van der Waals surface area contributed by atoms with Gasteiger partial charge >= 0.3 is 6.18 Å². The number of nitrogens with two attached hydrogens (primary N) is 1. The van der Waals surface area contributed by atoms with Crippen molar-refractivity contribution in [3.63, 3.8) is 0 Å². The molecule has 1 atom stereocenters. The van der Waals surface area contributed by atoms with Gasteiger partial charge in [0, 0.05) is 30.4 Å². The molecule has 0 saturated carbocycles. The zero-order valence-electron chi connectivity index (χ0n) is 13.6. The third-order valence-corrected chi connectivity index (χ3v) is 3.13. The number of rotatable bonds is 5. The van der Waals surface area contributed by atoms with Crippen LogP contribution in [-0.2, 0) is 6.18 Å². The predicted molar refractivity (Wildman–Crippen MR) is 96.2 cm³/mol. The quantitative estimate of drug-likeness (QED) is 0.783. The van der Waals surface area contributed by atoms with Crippen molar-refractivity contribution in [1.82, 2.24) is 10.3 Å². The van der Waals surface area contributed by atoms with Crippen LogP contribution in [0.2, 0.25) is 0 Å². The van der Waals surface area contributed by atoms with Gasteiger partial charge in [0.1, 0.15) is 5.75 Å². The summed E-state index contributed by atoms with van der Waals surface area (Å²) < 4.78 is 42.7. The van der Waals surface area contributed by atoms with E-state index in [9.17, 15) is 18.0 Å². The number of aromatic nitrogens is 1. The van der Waals surface area contributed by atoms with E-state index in [2.05, 4.69) is 10.3 Å². The molecule has 0 aliphatic rings. The van der Waals surface area contributed by atoms with Gasteiger partial charge in [0.05, 0.1) is 5.56 Å². The molecule has 1 aromatic carbocycles.